The molecule has 0 unspecified atom stereocenters. The highest BCUT2D eigenvalue weighted by atomic mass is 16.1. The number of hydrogen-bond acceptors (Lipinski definition) is 1. The minimum atomic E-state index is 0.250. The van der Waals surface area contributed by atoms with Crippen LogP contribution in [0.4, 0.5) is 5.69 Å². The minimum absolute atomic E-state index is 0.250. The SMILES string of the molecule is Cc1cccc(C)c1NC(=O)[C@H]1C[C@@H]2CC[C@@H]1C2. The van der Waals surface area contributed by atoms with Crippen molar-refractivity contribution in [1.82, 2.24) is 0 Å². The van der Waals surface area contributed by atoms with E-state index in [1.54, 1.807) is 0 Å². The summed E-state index contributed by atoms with van der Waals surface area (Å²) in [6.07, 6.45) is 5.00. The van der Waals surface area contributed by atoms with Crippen molar-refractivity contribution in [3.63, 3.8) is 0 Å². The average Bonchev–Trinajstić information content (AvgIpc) is 2.96. The molecule has 0 aliphatic heterocycles. The maximum Gasteiger partial charge on any atom is 0.227 e. The second-order valence-electron chi connectivity index (χ2n) is 6.04. The zero-order valence-corrected chi connectivity index (χ0v) is 11.2. The van der Waals surface area contributed by atoms with E-state index in [4.69, 9.17) is 0 Å². The zero-order valence-electron chi connectivity index (χ0n) is 11.2. The van der Waals surface area contributed by atoms with Crippen molar-refractivity contribution in [2.75, 3.05) is 5.32 Å². The van der Waals surface area contributed by atoms with Crippen molar-refractivity contribution >= 4 is 11.6 Å². The fraction of sp³-hybridized carbons (Fsp3) is 0.562. The second kappa shape index (κ2) is 4.42. The van der Waals surface area contributed by atoms with Gasteiger partial charge in [0.05, 0.1) is 0 Å². The van der Waals surface area contributed by atoms with Crippen molar-refractivity contribution in [2.45, 2.75) is 39.5 Å². The molecule has 0 spiro atoms. The molecule has 18 heavy (non-hydrogen) atoms. The first-order chi connectivity index (χ1) is 8.65. The van der Waals surface area contributed by atoms with Gasteiger partial charge in [-0.1, -0.05) is 24.6 Å². The molecule has 3 rings (SSSR count). The molecule has 2 nitrogen and oxygen atoms in total. The predicted octanol–water partition coefficient (Wildman–Crippen LogP) is 3.68. The van der Waals surface area contributed by atoms with Crippen LogP contribution in [0, 0.1) is 31.6 Å². The Morgan fingerprint density at radius 3 is 2.44 bits per heavy atom. The number of aryl methyl sites for hydroxylation is 2. The molecule has 2 aliphatic rings. The summed E-state index contributed by atoms with van der Waals surface area (Å²) in [7, 11) is 0. The number of para-hydroxylation sites is 1. The van der Waals surface area contributed by atoms with Gasteiger partial charge in [0.2, 0.25) is 5.91 Å². The van der Waals surface area contributed by atoms with E-state index in [-0.39, 0.29) is 11.8 Å². The summed E-state index contributed by atoms with van der Waals surface area (Å²) in [6.45, 7) is 4.12. The van der Waals surface area contributed by atoms with Crippen LogP contribution in [0.2, 0.25) is 0 Å². The van der Waals surface area contributed by atoms with Crippen LogP contribution in [-0.2, 0) is 4.79 Å². The number of anilines is 1. The largest absolute Gasteiger partial charge is 0.325 e. The summed E-state index contributed by atoms with van der Waals surface area (Å²) >= 11 is 0. The van der Waals surface area contributed by atoms with Gasteiger partial charge in [-0.25, -0.2) is 0 Å². The first kappa shape index (κ1) is 11.8. The number of nitrogens with one attached hydrogen (secondary N) is 1. The van der Waals surface area contributed by atoms with Gasteiger partial charge in [0.25, 0.3) is 0 Å². The Kier molecular flexibility index (Phi) is 2.89. The van der Waals surface area contributed by atoms with Crippen LogP contribution in [0.25, 0.3) is 0 Å². The van der Waals surface area contributed by atoms with E-state index in [1.165, 1.54) is 19.3 Å². The van der Waals surface area contributed by atoms with Crippen LogP contribution in [0.15, 0.2) is 18.2 Å². The summed E-state index contributed by atoms with van der Waals surface area (Å²) in [5.74, 6) is 1.99. The van der Waals surface area contributed by atoms with Crippen molar-refractivity contribution in [1.29, 1.82) is 0 Å². The van der Waals surface area contributed by atoms with Crippen LogP contribution < -0.4 is 5.32 Å². The number of fused-ring (bicyclic) bond motifs is 2. The lowest BCUT2D eigenvalue weighted by Crippen LogP contribution is -2.27. The van der Waals surface area contributed by atoms with E-state index in [9.17, 15) is 4.79 Å². The Morgan fingerprint density at radius 2 is 1.89 bits per heavy atom. The predicted molar refractivity (Wildman–Crippen MR) is 73.5 cm³/mol. The molecule has 0 heterocycles. The molecule has 3 atom stereocenters. The van der Waals surface area contributed by atoms with Crippen LogP contribution >= 0.6 is 0 Å². The van der Waals surface area contributed by atoms with E-state index in [2.05, 4.69) is 31.3 Å². The molecular weight excluding hydrogens is 222 g/mol. The average molecular weight is 243 g/mol. The van der Waals surface area contributed by atoms with Crippen LogP contribution in [0.5, 0.6) is 0 Å². The number of carbonyl (C=O) groups is 1. The molecule has 2 heteroatoms. The third-order valence-corrected chi connectivity index (χ3v) is 4.80. The van der Waals surface area contributed by atoms with Crippen molar-refractivity contribution in [3.8, 4) is 0 Å². The molecule has 0 radical (unpaired) electrons. The van der Waals surface area contributed by atoms with Gasteiger partial charge in [0.15, 0.2) is 0 Å². The first-order valence-electron chi connectivity index (χ1n) is 7.02. The highest BCUT2D eigenvalue weighted by molar-refractivity contribution is 5.94. The van der Waals surface area contributed by atoms with Crippen molar-refractivity contribution in [3.05, 3.63) is 29.3 Å². The lowest BCUT2D eigenvalue weighted by Gasteiger charge is -2.22. The van der Waals surface area contributed by atoms with Gasteiger partial charge in [-0.2, -0.15) is 0 Å². The summed E-state index contributed by atoms with van der Waals surface area (Å²) in [5.41, 5.74) is 3.34. The van der Waals surface area contributed by atoms with Crippen LogP contribution in [0.1, 0.15) is 36.8 Å². The molecule has 2 bridgehead atoms. The summed E-state index contributed by atoms with van der Waals surface area (Å²) in [6, 6.07) is 6.16. The fourth-order valence-electron chi connectivity index (χ4n) is 3.79. The van der Waals surface area contributed by atoms with E-state index in [0.717, 1.165) is 29.2 Å². The van der Waals surface area contributed by atoms with Gasteiger partial charge in [-0.05, 0) is 56.1 Å². The summed E-state index contributed by atoms with van der Waals surface area (Å²) in [5, 5.41) is 3.17. The quantitative estimate of drug-likeness (QED) is 0.843. The smallest absolute Gasteiger partial charge is 0.227 e. The molecule has 1 aromatic rings. The molecule has 2 fully saturated rings. The molecule has 1 N–H and O–H groups in total. The lowest BCUT2D eigenvalue weighted by atomic mass is 9.88. The topological polar surface area (TPSA) is 29.1 Å². The lowest BCUT2D eigenvalue weighted by molar-refractivity contribution is -0.121. The molecule has 1 aromatic carbocycles. The Morgan fingerprint density at radius 1 is 1.17 bits per heavy atom. The zero-order chi connectivity index (χ0) is 12.7. The monoisotopic (exact) mass is 243 g/mol. The normalized spacial score (nSPS) is 29.6. The van der Waals surface area contributed by atoms with Gasteiger partial charge in [-0.15, -0.1) is 0 Å². The Balaban J connectivity index is 1.75. The highest BCUT2D eigenvalue weighted by Crippen LogP contribution is 2.48. The Labute approximate surface area is 109 Å². The number of carbonyl (C=O) groups excluding carboxylic acids is 1. The number of benzene rings is 1. The third kappa shape index (κ3) is 1.94. The standard InChI is InChI=1S/C16H21NO/c1-10-4-3-5-11(2)15(10)17-16(18)14-9-12-6-7-13(14)8-12/h3-5,12-14H,6-9H2,1-2H3,(H,17,18)/t12-,13-,14+/m1/s1. The van der Waals surface area contributed by atoms with E-state index in [1.807, 2.05) is 6.07 Å². The molecule has 2 saturated carbocycles. The Hall–Kier alpha value is -1.31. The van der Waals surface area contributed by atoms with Crippen molar-refractivity contribution < 1.29 is 4.79 Å². The molecule has 0 aromatic heterocycles. The Bertz CT molecular complexity index is 460. The van der Waals surface area contributed by atoms with Crippen LogP contribution in [0.3, 0.4) is 0 Å². The van der Waals surface area contributed by atoms with Crippen LogP contribution in [-0.4, -0.2) is 5.91 Å². The number of amides is 1. The fourth-order valence-corrected chi connectivity index (χ4v) is 3.79. The molecule has 0 saturated heterocycles. The maximum absolute atomic E-state index is 12.4. The van der Waals surface area contributed by atoms with E-state index < -0.39 is 0 Å². The van der Waals surface area contributed by atoms with Gasteiger partial charge in [0.1, 0.15) is 0 Å². The summed E-state index contributed by atoms with van der Waals surface area (Å²) in [4.78, 5) is 12.4. The van der Waals surface area contributed by atoms with Gasteiger partial charge in [0, 0.05) is 11.6 Å². The minimum Gasteiger partial charge on any atom is -0.325 e. The van der Waals surface area contributed by atoms with Gasteiger partial charge < -0.3 is 5.32 Å². The van der Waals surface area contributed by atoms with E-state index in [0.29, 0.717) is 5.92 Å². The number of rotatable bonds is 2. The molecular formula is C16H21NO. The third-order valence-electron chi connectivity index (χ3n) is 4.80. The first-order valence-corrected chi connectivity index (χ1v) is 7.02. The molecule has 2 aliphatic carbocycles. The second-order valence-corrected chi connectivity index (χ2v) is 6.04. The van der Waals surface area contributed by atoms with Gasteiger partial charge >= 0.3 is 0 Å². The summed E-state index contributed by atoms with van der Waals surface area (Å²) < 4.78 is 0. The van der Waals surface area contributed by atoms with E-state index >= 15 is 0 Å². The van der Waals surface area contributed by atoms with Crippen molar-refractivity contribution in [2.24, 2.45) is 17.8 Å². The highest BCUT2D eigenvalue weighted by Gasteiger charge is 2.43. The maximum atomic E-state index is 12.4. The molecule has 1 amide bonds. The van der Waals surface area contributed by atoms with Gasteiger partial charge in [-0.3, -0.25) is 4.79 Å². The molecule has 96 valence electrons. The number of hydrogen-bond donors (Lipinski definition) is 1.